The molecule has 0 aliphatic carbocycles. The number of anilines is 1. The number of carbonyl (C=O) groups is 1. The molecule has 1 amide bonds. The van der Waals surface area contributed by atoms with Gasteiger partial charge in [0.25, 0.3) is 0 Å². The lowest BCUT2D eigenvalue weighted by atomic mass is 10.1. The molecule has 0 saturated heterocycles. The summed E-state index contributed by atoms with van der Waals surface area (Å²) < 4.78 is 32.6. The smallest absolute Gasteiger partial charge is 0.243 e. The number of aromatic nitrogens is 2. The minimum Gasteiger partial charge on any atom is -0.338 e. The minimum atomic E-state index is -3.85. The monoisotopic (exact) mass is 426 g/mol. The van der Waals surface area contributed by atoms with Crippen molar-refractivity contribution in [3.05, 3.63) is 72.6 Å². The Morgan fingerprint density at radius 2 is 1.97 bits per heavy atom. The van der Waals surface area contributed by atoms with Gasteiger partial charge in [0, 0.05) is 24.7 Å². The lowest BCUT2D eigenvalue weighted by molar-refractivity contribution is -0.114. The van der Waals surface area contributed by atoms with Crippen LogP contribution in [-0.4, -0.2) is 35.3 Å². The normalized spacial score (nSPS) is 11.4. The zero-order chi connectivity index (χ0) is 21.7. The third kappa shape index (κ3) is 5.00. The number of hydrogen-bond donors (Lipinski definition) is 1. The third-order valence-corrected chi connectivity index (χ3v) is 6.03. The molecule has 2 aromatic carbocycles. The number of carbonyl (C=O) groups excluding carboxylic acids is 1. The fourth-order valence-corrected chi connectivity index (χ4v) is 4.19. The molecule has 8 nitrogen and oxygen atoms in total. The second-order valence-corrected chi connectivity index (χ2v) is 8.61. The summed E-state index contributed by atoms with van der Waals surface area (Å²) in [6.45, 7) is 6.95. The van der Waals surface area contributed by atoms with E-state index in [0.29, 0.717) is 11.5 Å². The Morgan fingerprint density at radius 1 is 1.23 bits per heavy atom. The highest BCUT2D eigenvalue weighted by molar-refractivity contribution is 7.89. The van der Waals surface area contributed by atoms with Gasteiger partial charge < -0.3 is 9.84 Å². The molecule has 9 heteroatoms. The van der Waals surface area contributed by atoms with Gasteiger partial charge in [-0.05, 0) is 37.3 Å². The van der Waals surface area contributed by atoms with E-state index in [1.54, 1.807) is 0 Å². The average molecular weight is 426 g/mol. The van der Waals surface area contributed by atoms with Crippen molar-refractivity contribution in [3.8, 4) is 11.4 Å². The van der Waals surface area contributed by atoms with Crippen LogP contribution in [0.4, 0.5) is 5.69 Å². The highest BCUT2D eigenvalue weighted by atomic mass is 32.2. The van der Waals surface area contributed by atoms with Crippen molar-refractivity contribution in [2.75, 3.05) is 11.9 Å². The van der Waals surface area contributed by atoms with Gasteiger partial charge in [-0.3, -0.25) is 4.79 Å². The maximum Gasteiger partial charge on any atom is 0.243 e. The molecule has 1 N–H and O–H groups in total. The fourth-order valence-electron chi connectivity index (χ4n) is 2.83. The van der Waals surface area contributed by atoms with E-state index in [4.69, 9.17) is 4.52 Å². The number of nitrogens with one attached hydrogen (secondary N) is 1. The summed E-state index contributed by atoms with van der Waals surface area (Å²) in [7, 11) is -3.85. The largest absolute Gasteiger partial charge is 0.338 e. The van der Waals surface area contributed by atoms with E-state index in [-0.39, 0.29) is 29.8 Å². The zero-order valence-electron chi connectivity index (χ0n) is 16.7. The number of rotatable bonds is 8. The molecule has 3 aromatic rings. The van der Waals surface area contributed by atoms with Gasteiger partial charge in [0.2, 0.25) is 27.6 Å². The summed E-state index contributed by atoms with van der Waals surface area (Å²) in [5.74, 6) is 0.329. The summed E-state index contributed by atoms with van der Waals surface area (Å²) >= 11 is 0. The maximum absolute atomic E-state index is 13.1. The number of amides is 1. The molecule has 0 spiro atoms. The van der Waals surface area contributed by atoms with Crippen LogP contribution in [0, 0.1) is 6.92 Å². The molecule has 0 radical (unpaired) electrons. The summed E-state index contributed by atoms with van der Waals surface area (Å²) in [4.78, 5) is 15.6. The lowest BCUT2D eigenvalue weighted by Gasteiger charge is -2.19. The van der Waals surface area contributed by atoms with Crippen molar-refractivity contribution in [2.45, 2.75) is 25.3 Å². The SMILES string of the molecule is C=CCN(Cc1nc(-c2cccc(C)c2)no1)S(=O)(=O)c1ccc(NC(C)=O)cc1. The van der Waals surface area contributed by atoms with Gasteiger partial charge >= 0.3 is 0 Å². The molecule has 0 saturated carbocycles. The van der Waals surface area contributed by atoms with Gasteiger partial charge in [-0.25, -0.2) is 8.42 Å². The Kier molecular flexibility index (Phi) is 6.43. The first-order valence-corrected chi connectivity index (χ1v) is 10.6. The molecule has 156 valence electrons. The first-order chi connectivity index (χ1) is 14.3. The van der Waals surface area contributed by atoms with Gasteiger partial charge in [-0.15, -0.1) is 6.58 Å². The number of nitrogens with zero attached hydrogens (tertiary/aromatic N) is 3. The molecule has 0 fully saturated rings. The second-order valence-electron chi connectivity index (χ2n) is 6.67. The molecule has 0 aliphatic rings. The van der Waals surface area contributed by atoms with Gasteiger partial charge in [0.1, 0.15) is 0 Å². The molecule has 0 aliphatic heterocycles. The Hall–Kier alpha value is -3.30. The predicted molar refractivity (Wildman–Crippen MR) is 113 cm³/mol. The van der Waals surface area contributed by atoms with Crippen molar-refractivity contribution in [2.24, 2.45) is 0 Å². The van der Waals surface area contributed by atoms with E-state index in [9.17, 15) is 13.2 Å². The number of aryl methyl sites for hydroxylation is 1. The standard InChI is InChI=1S/C21H22N4O4S/c1-4-12-25(30(27,28)19-10-8-18(9-11-19)22-16(3)26)14-20-23-21(24-29-20)17-7-5-6-15(2)13-17/h4-11,13H,1,12,14H2,2-3H3,(H,22,26). The van der Waals surface area contributed by atoms with Gasteiger partial charge in [0.05, 0.1) is 11.4 Å². The minimum absolute atomic E-state index is 0.0674. The molecule has 0 atom stereocenters. The predicted octanol–water partition coefficient (Wildman–Crippen LogP) is 3.38. The summed E-state index contributed by atoms with van der Waals surface area (Å²) in [6.07, 6.45) is 1.49. The van der Waals surface area contributed by atoms with E-state index >= 15 is 0 Å². The van der Waals surface area contributed by atoms with E-state index in [0.717, 1.165) is 11.1 Å². The van der Waals surface area contributed by atoms with E-state index in [2.05, 4.69) is 22.0 Å². The first-order valence-electron chi connectivity index (χ1n) is 9.18. The van der Waals surface area contributed by atoms with Crippen LogP contribution in [0.1, 0.15) is 18.4 Å². The van der Waals surface area contributed by atoms with Crippen molar-refractivity contribution in [1.29, 1.82) is 0 Å². The van der Waals surface area contributed by atoms with Crippen LogP contribution in [0.3, 0.4) is 0 Å². The molecule has 0 unspecified atom stereocenters. The zero-order valence-corrected chi connectivity index (χ0v) is 17.5. The first kappa shape index (κ1) is 21.4. The molecular formula is C21H22N4O4S. The number of sulfonamides is 1. The number of hydrogen-bond acceptors (Lipinski definition) is 6. The van der Waals surface area contributed by atoms with Gasteiger partial charge in [-0.1, -0.05) is 35.0 Å². The van der Waals surface area contributed by atoms with Crippen molar-refractivity contribution in [1.82, 2.24) is 14.4 Å². The Labute approximate surface area is 175 Å². The highest BCUT2D eigenvalue weighted by Gasteiger charge is 2.26. The Bertz CT molecular complexity index is 1150. The lowest BCUT2D eigenvalue weighted by Crippen LogP contribution is -2.31. The van der Waals surface area contributed by atoms with E-state index in [1.807, 2.05) is 31.2 Å². The average Bonchev–Trinajstić information content (AvgIpc) is 3.16. The second kappa shape index (κ2) is 9.02. The number of benzene rings is 2. The van der Waals surface area contributed by atoms with Gasteiger partial charge in [-0.2, -0.15) is 9.29 Å². The summed E-state index contributed by atoms with van der Waals surface area (Å²) in [5, 5.41) is 6.56. The Morgan fingerprint density at radius 3 is 2.60 bits per heavy atom. The van der Waals surface area contributed by atoms with Crippen LogP contribution < -0.4 is 5.32 Å². The highest BCUT2D eigenvalue weighted by Crippen LogP contribution is 2.22. The van der Waals surface area contributed by atoms with E-state index in [1.165, 1.54) is 41.6 Å². The summed E-state index contributed by atoms with van der Waals surface area (Å²) in [5.41, 5.74) is 2.35. The van der Waals surface area contributed by atoms with Crippen molar-refractivity contribution < 1.29 is 17.7 Å². The van der Waals surface area contributed by atoms with Crippen LogP contribution >= 0.6 is 0 Å². The maximum atomic E-state index is 13.1. The van der Waals surface area contributed by atoms with Crippen LogP contribution in [-0.2, 0) is 21.4 Å². The van der Waals surface area contributed by atoms with Crippen LogP contribution in [0.2, 0.25) is 0 Å². The topological polar surface area (TPSA) is 105 Å². The molecule has 30 heavy (non-hydrogen) atoms. The van der Waals surface area contributed by atoms with Crippen LogP contribution in [0.15, 0.2) is 70.6 Å². The summed E-state index contributed by atoms with van der Waals surface area (Å²) in [6, 6.07) is 13.6. The van der Waals surface area contributed by atoms with Crippen molar-refractivity contribution >= 4 is 21.6 Å². The van der Waals surface area contributed by atoms with Crippen LogP contribution in [0.5, 0.6) is 0 Å². The third-order valence-electron chi connectivity index (χ3n) is 4.20. The molecule has 1 heterocycles. The molecule has 1 aromatic heterocycles. The quantitative estimate of drug-likeness (QED) is 0.554. The fraction of sp³-hybridized carbons (Fsp3) is 0.190. The Balaban J connectivity index is 1.83. The van der Waals surface area contributed by atoms with Crippen molar-refractivity contribution in [3.63, 3.8) is 0 Å². The van der Waals surface area contributed by atoms with E-state index < -0.39 is 10.0 Å². The van der Waals surface area contributed by atoms with Gasteiger partial charge in [0.15, 0.2) is 0 Å². The molecular weight excluding hydrogens is 404 g/mol. The molecule has 3 rings (SSSR count). The van der Waals surface area contributed by atoms with Crippen LogP contribution in [0.25, 0.3) is 11.4 Å². The molecule has 0 bridgehead atoms.